The van der Waals surface area contributed by atoms with E-state index in [-0.39, 0.29) is 5.92 Å². The Morgan fingerprint density at radius 2 is 2.16 bits per heavy atom. The number of hydrogen-bond acceptors (Lipinski definition) is 4. The molecule has 1 aromatic rings. The molecule has 1 N–H and O–H groups in total. The summed E-state index contributed by atoms with van der Waals surface area (Å²) in [4.78, 5) is 22.3. The van der Waals surface area contributed by atoms with E-state index in [4.69, 9.17) is 5.11 Å². The summed E-state index contributed by atoms with van der Waals surface area (Å²) in [5, 5.41) is 9.15. The number of carboxylic acid groups (broad SMARTS) is 1. The third-order valence-corrected chi connectivity index (χ3v) is 3.90. The fourth-order valence-corrected chi connectivity index (χ4v) is 2.65. The molecular formula is C14H19N3O2. The highest BCUT2D eigenvalue weighted by Crippen LogP contribution is 2.38. The van der Waals surface area contributed by atoms with Gasteiger partial charge in [-0.3, -0.25) is 4.79 Å². The molecule has 0 spiro atoms. The summed E-state index contributed by atoms with van der Waals surface area (Å²) in [5.74, 6) is 1.40. The van der Waals surface area contributed by atoms with Crippen molar-refractivity contribution in [2.45, 2.75) is 38.5 Å². The molecule has 0 bridgehead atoms. The highest BCUT2D eigenvalue weighted by molar-refractivity contribution is 5.71. The topological polar surface area (TPSA) is 66.3 Å². The third kappa shape index (κ3) is 2.69. The van der Waals surface area contributed by atoms with Gasteiger partial charge in [0.1, 0.15) is 11.6 Å². The zero-order valence-corrected chi connectivity index (χ0v) is 11.2. The number of carbonyl (C=O) groups is 1. The normalized spacial score (nSPS) is 23.4. The monoisotopic (exact) mass is 261 g/mol. The molecule has 5 heteroatoms. The summed E-state index contributed by atoms with van der Waals surface area (Å²) in [6.07, 6.45) is 4.05. The molecule has 0 radical (unpaired) electrons. The van der Waals surface area contributed by atoms with Crippen LogP contribution in [0.5, 0.6) is 0 Å². The molecule has 1 aliphatic carbocycles. The number of aliphatic carboxylic acids is 1. The Bertz CT molecular complexity index is 499. The van der Waals surface area contributed by atoms with Gasteiger partial charge in [-0.05, 0) is 32.6 Å². The molecule has 1 atom stereocenters. The Balaban J connectivity index is 1.82. The number of aryl methyl sites for hydroxylation is 1. The fourth-order valence-electron chi connectivity index (χ4n) is 2.65. The van der Waals surface area contributed by atoms with Crippen molar-refractivity contribution in [1.82, 2.24) is 9.97 Å². The fraction of sp³-hybridized carbons (Fsp3) is 0.643. The van der Waals surface area contributed by atoms with Crippen molar-refractivity contribution in [3.8, 4) is 0 Å². The summed E-state index contributed by atoms with van der Waals surface area (Å²) in [6.45, 7) is 3.44. The van der Waals surface area contributed by atoms with Crippen LogP contribution in [0.15, 0.2) is 6.07 Å². The van der Waals surface area contributed by atoms with Gasteiger partial charge in [0.2, 0.25) is 0 Å². The molecule has 0 amide bonds. The van der Waals surface area contributed by atoms with Crippen LogP contribution in [0.3, 0.4) is 0 Å². The number of aromatic nitrogens is 2. The minimum absolute atomic E-state index is 0.270. The average Bonchev–Trinajstić information content (AvgIpc) is 3.22. The van der Waals surface area contributed by atoms with Crippen LogP contribution in [-0.2, 0) is 4.79 Å². The molecule has 19 heavy (non-hydrogen) atoms. The van der Waals surface area contributed by atoms with Gasteiger partial charge in [-0.25, -0.2) is 9.97 Å². The predicted molar refractivity (Wildman–Crippen MR) is 71.3 cm³/mol. The Morgan fingerprint density at radius 3 is 2.84 bits per heavy atom. The second-order valence-electron chi connectivity index (χ2n) is 5.62. The lowest BCUT2D eigenvalue weighted by atomic mass is 9.98. The Labute approximate surface area is 112 Å². The molecular weight excluding hydrogens is 242 g/mol. The van der Waals surface area contributed by atoms with E-state index in [1.165, 1.54) is 12.8 Å². The number of piperidine rings is 1. The zero-order valence-electron chi connectivity index (χ0n) is 11.2. The number of rotatable bonds is 3. The van der Waals surface area contributed by atoms with Crippen LogP contribution >= 0.6 is 0 Å². The van der Waals surface area contributed by atoms with Crippen LogP contribution in [0.1, 0.15) is 43.1 Å². The second-order valence-corrected chi connectivity index (χ2v) is 5.62. The van der Waals surface area contributed by atoms with Crippen LogP contribution in [0.2, 0.25) is 0 Å². The van der Waals surface area contributed by atoms with E-state index >= 15 is 0 Å². The van der Waals surface area contributed by atoms with E-state index in [0.29, 0.717) is 12.5 Å². The van der Waals surface area contributed by atoms with Crippen LogP contribution in [0.4, 0.5) is 5.82 Å². The minimum Gasteiger partial charge on any atom is -0.481 e. The Kier molecular flexibility index (Phi) is 3.12. The maximum atomic E-state index is 11.1. The van der Waals surface area contributed by atoms with Crippen molar-refractivity contribution in [3.63, 3.8) is 0 Å². The first-order valence-electron chi connectivity index (χ1n) is 6.97. The van der Waals surface area contributed by atoms with E-state index in [1.54, 1.807) is 0 Å². The molecule has 3 rings (SSSR count). The van der Waals surface area contributed by atoms with Crippen molar-refractivity contribution >= 4 is 11.8 Å². The van der Waals surface area contributed by atoms with Crippen LogP contribution in [0, 0.1) is 12.8 Å². The van der Waals surface area contributed by atoms with E-state index in [2.05, 4.69) is 14.9 Å². The van der Waals surface area contributed by atoms with Gasteiger partial charge in [-0.1, -0.05) is 0 Å². The van der Waals surface area contributed by atoms with Crippen molar-refractivity contribution in [2.75, 3.05) is 18.0 Å². The molecule has 1 aliphatic heterocycles. The summed E-state index contributed by atoms with van der Waals surface area (Å²) < 4.78 is 0. The highest BCUT2D eigenvalue weighted by atomic mass is 16.4. The number of nitrogens with zero attached hydrogens (tertiary/aromatic N) is 3. The molecule has 2 fully saturated rings. The SMILES string of the molecule is Cc1cc(N2CCC[C@@H](C(=O)O)C2)nc(C2CC2)n1. The minimum atomic E-state index is -0.696. The molecule has 1 saturated carbocycles. The smallest absolute Gasteiger partial charge is 0.308 e. The molecule has 2 aliphatic rings. The lowest BCUT2D eigenvalue weighted by Crippen LogP contribution is -2.39. The zero-order chi connectivity index (χ0) is 13.4. The molecule has 102 valence electrons. The standard InChI is InChI=1S/C14H19N3O2/c1-9-7-12(16-13(15-9)10-4-5-10)17-6-2-3-11(8-17)14(18)19/h7,10-11H,2-6,8H2,1H3,(H,18,19)/t11-/m1/s1. The molecule has 2 heterocycles. The van der Waals surface area contributed by atoms with Gasteiger partial charge in [0.15, 0.2) is 0 Å². The second kappa shape index (κ2) is 4.79. The van der Waals surface area contributed by atoms with Crippen molar-refractivity contribution in [1.29, 1.82) is 0 Å². The van der Waals surface area contributed by atoms with E-state index in [1.807, 2.05) is 13.0 Å². The highest BCUT2D eigenvalue weighted by Gasteiger charge is 2.29. The summed E-state index contributed by atoms with van der Waals surface area (Å²) >= 11 is 0. The lowest BCUT2D eigenvalue weighted by Gasteiger charge is -2.31. The van der Waals surface area contributed by atoms with Gasteiger partial charge in [-0.15, -0.1) is 0 Å². The van der Waals surface area contributed by atoms with Crippen molar-refractivity contribution < 1.29 is 9.90 Å². The molecule has 1 saturated heterocycles. The van der Waals surface area contributed by atoms with Gasteiger partial charge in [-0.2, -0.15) is 0 Å². The van der Waals surface area contributed by atoms with E-state index in [0.717, 1.165) is 36.7 Å². The summed E-state index contributed by atoms with van der Waals surface area (Å²) in [5.41, 5.74) is 0.976. The van der Waals surface area contributed by atoms with Crippen LogP contribution < -0.4 is 4.90 Å². The lowest BCUT2D eigenvalue weighted by molar-refractivity contribution is -0.141. The number of carboxylic acids is 1. The summed E-state index contributed by atoms with van der Waals surface area (Å²) in [7, 11) is 0. The molecule has 1 aromatic heterocycles. The third-order valence-electron chi connectivity index (χ3n) is 3.90. The number of hydrogen-bond donors (Lipinski definition) is 1. The first-order valence-corrected chi connectivity index (χ1v) is 6.97. The molecule has 5 nitrogen and oxygen atoms in total. The van der Waals surface area contributed by atoms with Crippen LogP contribution in [-0.4, -0.2) is 34.1 Å². The Morgan fingerprint density at radius 1 is 1.37 bits per heavy atom. The van der Waals surface area contributed by atoms with E-state index in [9.17, 15) is 4.79 Å². The first kappa shape index (κ1) is 12.4. The average molecular weight is 261 g/mol. The maximum Gasteiger partial charge on any atom is 0.308 e. The predicted octanol–water partition coefficient (Wildman–Crippen LogP) is 1.96. The summed E-state index contributed by atoms with van der Waals surface area (Å²) in [6, 6.07) is 1.97. The van der Waals surface area contributed by atoms with E-state index < -0.39 is 5.97 Å². The van der Waals surface area contributed by atoms with Crippen molar-refractivity contribution in [2.24, 2.45) is 5.92 Å². The number of anilines is 1. The van der Waals surface area contributed by atoms with Gasteiger partial charge >= 0.3 is 5.97 Å². The first-order chi connectivity index (χ1) is 9.13. The van der Waals surface area contributed by atoms with Gasteiger partial charge in [0.25, 0.3) is 0 Å². The molecule has 0 aromatic carbocycles. The van der Waals surface area contributed by atoms with Crippen LogP contribution in [0.25, 0.3) is 0 Å². The van der Waals surface area contributed by atoms with Crippen molar-refractivity contribution in [3.05, 3.63) is 17.6 Å². The molecule has 0 unspecified atom stereocenters. The van der Waals surface area contributed by atoms with Gasteiger partial charge in [0.05, 0.1) is 5.92 Å². The Hall–Kier alpha value is -1.65. The maximum absolute atomic E-state index is 11.1. The van der Waals surface area contributed by atoms with Gasteiger partial charge in [0, 0.05) is 30.8 Å². The van der Waals surface area contributed by atoms with Gasteiger partial charge < -0.3 is 10.0 Å². The largest absolute Gasteiger partial charge is 0.481 e. The quantitative estimate of drug-likeness (QED) is 0.901.